The lowest BCUT2D eigenvalue weighted by Gasteiger charge is -2.21. The van der Waals surface area contributed by atoms with Crippen molar-refractivity contribution in [3.63, 3.8) is 0 Å². The molecule has 11 heavy (non-hydrogen) atoms. The third-order valence-electron chi connectivity index (χ3n) is 1.75. The first-order valence-electron chi connectivity index (χ1n) is 4.00. The van der Waals surface area contributed by atoms with Crippen LogP contribution >= 0.6 is 0 Å². The van der Waals surface area contributed by atoms with E-state index in [4.69, 9.17) is 10.6 Å². The van der Waals surface area contributed by atoms with Crippen LogP contribution in [0.3, 0.4) is 0 Å². The molecule has 1 rings (SSSR count). The van der Waals surface area contributed by atoms with Gasteiger partial charge in [0.2, 0.25) is 0 Å². The highest BCUT2D eigenvalue weighted by molar-refractivity contribution is 5.70. The van der Waals surface area contributed by atoms with E-state index in [1.165, 1.54) is 11.5 Å². The van der Waals surface area contributed by atoms with Gasteiger partial charge in [0.15, 0.2) is 0 Å². The topological polar surface area (TPSA) is 55.6 Å². The van der Waals surface area contributed by atoms with Crippen LogP contribution in [-0.2, 0) is 4.84 Å². The molecule has 0 unspecified atom stereocenters. The van der Waals surface area contributed by atoms with E-state index in [0.717, 1.165) is 19.3 Å². The van der Waals surface area contributed by atoms with Crippen molar-refractivity contribution in [2.45, 2.75) is 25.7 Å². The van der Waals surface area contributed by atoms with Crippen molar-refractivity contribution >= 4 is 6.03 Å². The third kappa shape index (κ3) is 2.76. The molecule has 4 nitrogen and oxygen atoms in total. The Bertz CT molecular complexity index is 130. The molecule has 1 saturated heterocycles. The summed E-state index contributed by atoms with van der Waals surface area (Å²) in [5, 5.41) is 1.25. The third-order valence-corrected chi connectivity index (χ3v) is 1.75. The van der Waals surface area contributed by atoms with Crippen LogP contribution in [0, 0.1) is 0 Å². The summed E-state index contributed by atoms with van der Waals surface area (Å²) >= 11 is 0. The van der Waals surface area contributed by atoms with Crippen molar-refractivity contribution in [3.05, 3.63) is 0 Å². The van der Waals surface area contributed by atoms with Crippen molar-refractivity contribution < 1.29 is 9.63 Å². The van der Waals surface area contributed by atoms with Crippen LogP contribution < -0.4 is 5.73 Å². The predicted molar refractivity (Wildman–Crippen MR) is 40.7 cm³/mol. The zero-order chi connectivity index (χ0) is 8.10. The summed E-state index contributed by atoms with van der Waals surface area (Å²) in [6, 6.07) is -0.480. The van der Waals surface area contributed by atoms with Crippen molar-refractivity contribution in [3.8, 4) is 0 Å². The van der Waals surface area contributed by atoms with Gasteiger partial charge in [0.1, 0.15) is 0 Å². The van der Waals surface area contributed by atoms with Gasteiger partial charge in [0.05, 0.1) is 13.2 Å². The Morgan fingerprint density at radius 2 is 2.00 bits per heavy atom. The van der Waals surface area contributed by atoms with Crippen LogP contribution in [0.4, 0.5) is 4.79 Å². The van der Waals surface area contributed by atoms with Gasteiger partial charge >= 0.3 is 6.03 Å². The Kier molecular flexibility index (Phi) is 3.16. The molecule has 0 aromatic rings. The van der Waals surface area contributed by atoms with E-state index in [1.54, 1.807) is 0 Å². The Labute approximate surface area is 66.3 Å². The van der Waals surface area contributed by atoms with Gasteiger partial charge in [-0.15, -0.1) is 0 Å². The minimum Gasteiger partial charge on any atom is -0.350 e. The maximum Gasteiger partial charge on any atom is 0.338 e. The van der Waals surface area contributed by atoms with E-state index >= 15 is 0 Å². The minimum atomic E-state index is -0.480. The highest BCUT2D eigenvalue weighted by atomic mass is 16.7. The number of carbonyl (C=O) groups is 1. The van der Waals surface area contributed by atoms with Gasteiger partial charge in [0, 0.05) is 0 Å². The SMILES string of the molecule is NC(=O)N1CCCCCCO1. The van der Waals surface area contributed by atoms with Crippen LogP contribution in [0.25, 0.3) is 0 Å². The monoisotopic (exact) mass is 158 g/mol. The van der Waals surface area contributed by atoms with Crippen LogP contribution in [0.1, 0.15) is 25.7 Å². The molecular formula is C7H14N2O2. The average molecular weight is 158 g/mol. The molecule has 4 heteroatoms. The van der Waals surface area contributed by atoms with Crippen LogP contribution in [0.5, 0.6) is 0 Å². The number of nitrogens with zero attached hydrogens (tertiary/aromatic N) is 1. The molecule has 0 radical (unpaired) electrons. The van der Waals surface area contributed by atoms with Gasteiger partial charge in [-0.05, 0) is 12.8 Å². The lowest BCUT2D eigenvalue weighted by atomic mass is 10.2. The van der Waals surface area contributed by atoms with Gasteiger partial charge in [-0.2, -0.15) is 0 Å². The Morgan fingerprint density at radius 1 is 1.27 bits per heavy atom. The first-order valence-corrected chi connectivity index (χ1v) is 4.00. The molecule has 1 heterocycles. The second-order valence-electron chi connectivity index (χ2n) is 2.69. The van der Waals surface area contributed by atoms with Gasteiger partial charge in [-0.3, -0.25) is 4.84 Å². The lowest BCUT2D eigenvalue weighted by Crippen LogP contribution is -2.37. The summed E-state index contributed by atoms with van der Waals surface area (Å²) in [5.41, 5.74) is 5.05. The maximum atomic E-state index is 10.6. The first kappa shape index (κ1) is 8.33. The van der Waals surface area contributed by atoms with Gasteiger partial charge in [-0.1, -0.05) is 12.8 Å². The number of carbonyl (C=O) groups excluding carboxylic acids is 1. The summed E-state index contributed by atoms with van der Waals surface area (Å²) in [5.74, 6) is 0. The molecule has 1 aliphatic rings. The molecule has 64 valence electrons. The zero-order valence-electron chi connectivity index (χ0n) is 6.58. The first-order chi connectivity index (χ1) is 5.30. The van der Waals surface area contributed by atoms with E-state index in [0.29, 0.717) is 13.2 Å². The van der Waals surface area contributed by atoms with Crippen molar-refractivity contribution in [1.82, 2.24) is 5.06 Å². The van der Waals surface area contributed by atoms with Gasteiger partial charge in [0.25, 0.3) is 0 Å². The quantitative estimate of drug-likeness (QED) is 0.568. The molecule has 1 fully saturated rings. The summed E-state index contributed by atoms with van der Waals surface area (Å²) in [7, 11) is 0. The molecule has 0 aromatic carbocycles. The second-order valence-corrected chi connectivity index (χ2v) is 2.69. The van der Waals surface area contributed by atoms with E-state index in [1.807, 2.05) is 0 Å². The second kappa shape index (κ2) is 4.18. The number of nitrogens with two attached hydrogens (primary N) is 1. The molecule has 2 N–H and O–H groups in total. The van der Waals surface area contributed by atoms with Crippen LogP contribution in [-0.4, -0.2) is 24.2 Å². The van der Waals surface area contributed by atoms with E-state index in [-0.39, 0.29) is 0 Å². The van der Waals surface area contributed by atoms with Gasteiger partial charge < -0.3 is 5.73 Å². The van der Waals surface area contributed by atoms with Crippen molar-refractivity contribution in [2.75, 3.05) is 13.2 Å². The standard InChI is InChI=1S/C7H14N2O2/c8-7(10)9-5-3-1-2-4-6-11-9/h1-6H2,(H2,8,10). The summed E-state index contributed by atoms with van der Waals surface area (Å²) < 4.78 is 0. The van der Waals surface area contributed by atoms with Crippen LogP contribution in [0.15, 0.2) is 0 Å². The Morgan fingerprint density at radius 3 is 2.73 bits per heavy atom. The van der Waals surface area contributed by atoms with Crippen molar-refractivity contribution in [1.29, 1.82) is 0 Å². The Balaban J connectivity index is 2.32. The number of hydrogen-bond acceptors (Lipinski definition) is 2. The molecule has 0 bridgehead atoms. The van der Waals surface area contributed by atoms with E-state index in [2.05, 4.69) is 0 Å². The fourth-order valence-electron chi connectivity index (χ4n) is 1.12. The lowest BCUT2D eigenvalue weighted by molar-refractivity contribution is -0.121. The number of urea groups is 1. The molecule has 0 aromatic heterocycles. The molecule has 1 aliphatic heterocycles. The largest absolute Gasteiger partial charge is 0.350 e. The maximum absolute atomic E-state index is 10.6. The number of amides is 2. The fraction of sp³-hybridized carbons (Fsp3) is 0.857. The Hall–Kier alpha value is -0.770. The van der Waals surface area contributed by atoms with Gasteiger partial charge in [-0.25, -0.2) is 9.86 Å². The zero-order valence-corrected chi connectivity index (χ0v) is 6.58. The number of rotatable bonds is 0. The molecule has 0 atom stereocenters. The number of hydrogen-bond donors (Lipinski definition) is 1. The normalized spacial score (nSPS) is 20.5. The summed E-state index contributed by atoms with van der Waals surface area (Å²) in [6.07, 6.45) is 4.35. The highest BCUT2D eigenvalue weighted by Crippen LogP contribution is 2.07. The number of primary amides is 1. The smallest absolute Gasteiger partial charge is 0.338 e. The minimum absolute atomic E-state index is 0.480. The van der Waals surface area contributed by atoms with E-state index < -0.39 is 6.03 Å². The highest BCUT2D eigenvalue weighted by Gasteiger charge is 2.11. The molecule has 2 amide bonds. The molecular weight excluding hydrogens is 144 g/mol. The summed E-state index contributed by atoms with van der Waals surface area (Å²) in [6.45, 7) is 1.25. The van der Waals surface area contributed by atoms with Crippen LogP contribution in [0.2, 0.25) is 0 Å². The molecule has 0 saturated carbocycles. The molecule has 0 aliphatic carbocycles. The summed E-state index contributed by atoms with van der Waals surface area (Å²) in [4.78, 5) is 15.7. The predicted octanol–water partition coefficient (Wildman–Crippen LogP) is 0.873. The molecule has 0 spiro atoms. The number of hydroxylamine groups is 2. The van der Waals surface area contributed by atoms with Crippen molar-refractivity contribution in [2.24, 2.45) is 5.73 Å². The fourth-order valence-corrected chi connectivity index (χ4v) is 1.12. The van der Waals surface area contributed by atoms with E-state index in [9.17, 15) is 4.79 Å². The average Bonchev–Trinajstić information content (AvgIpc) is 1.84.